The van der Waals surface area contributed by atoms with Crippen LogP contribution >= 0.6 is 0 Å². The number of esters is 1. The first-order valence-electron chi connectivity index (χ1n) is 9.77. The topological polar surface area (TPSA) is 151 Å². The highest BCUT2D eigenvalue weighted by atomic mass is 16.6. The summed E-state index contributed by atoms with van der Waals surface area (Å²) in [5, 5.41) is 13.5. The summed E-state index contributed by atoms with van der Waals surface area (Å²) in [4.78, 5) is 54.5. The third kappa shape index (κ3) is 7.13. The normalized spacial score (nSPS) is 11.5. The minimum absolute atomic E-state index is 0.0341. The first-order chi connectivity index (χ1) is 15.6. The van der Waals surface area contributed by atoms with Gasteiger partial charge in [-0.1, -0.05) is 0 Å². The highest BCUT2D eigenvalue weighted by Gasteiger charge is 2.19. The Labute approximate surface area is 188 Å². The van der Waals surface area contributed by atoms with Crippen molar-refractivity contribution in [1.29, 1.82) is 0 Å². The Kier molecular flexibility index (Phi) is 8.61. The minimum atomic E-state index is -0.674. The van der Waals surface area contributed by atoms with Crippen molar-refractivity contribution in [3.8, 4) is 11.5 Å². The number of rotatable bonds is 7. The molecule has 2 aromatic carbocycles. The van der Waals surface area contributed by atoms with Gasteiger partial charge in [-0.3, -0.25) is 24.5 Å². The number of nitrogens with zero attached hydrogens (tertiary/aromatic N) is 1. The van der Waals surface area contributed by atoms with Gasteiger partial charge in [0, 0.05) is 17.2 Å². The maximum Gasteiger partial charge on any atom is 0.344 e. The lowest BCUT2D eigenvalue weighted by Crippen LogP contribution is -2.25. The third-order valence-corrected chi connectivity index (χ3v) is 4.23. The van der Waals surface area contributed by atoms with Gasteiger partial charge in [0.25, 0.3) is 5.91 Å². The number of fused-ring (bicyclic) bond motifs is 1. The Balaban J connectivity index is 0.000000243. The molecule has 1 aliphatic heterocycles. The molecular formula is C22H22N2O9. The number of nitro benzene ring substituents is 1. The van der Waals surface area contributed by atoms with Crippen LogP contribution in [0, 0.1) is 10.1 Å². The minimum Gasteiger partial charge on any atom is -0.482 e. The number of anilines is 1. The van der Waals surface area contributed by atoms with Gasteiger partial charge in [-0.05, 0) is 51.1 Å². The fraction of sp³-hybridized carbons (Fsp3) is 0.273. The zero-order valence-corrected chi connectivity index (χ0v) is 18.2. The van der Waals surface area contributed by atoms with Crippen molar-refractivity contribution in [2.24, 2.45) is 0 Å². The summed E-state index contributed by atoms with van der Waals surface area (Å²) in [7, 11) is 0. The number of benzene rings is 2. The van der Waals surface area contributed by atoms with Gasteiger partial charge >= 0.3 is 11.7 Å². The molecule has 0 aliphatic carbocycles. The summed E-state index contributed by atoms with van der Waals surface area (Å²) in [5.41, 5.74) is 0.968. The number of carbonyl (C=O) groups is 4. The summed E-state index contributed by atoms with van der Waals surface area (Å²) in [5.74, 6) is -0.615. The van der Waals surface area contributed by atoms with E-state index in [2.05, 4.69) is 10.1 Å². The Morgan fingerprint density at radius 3 is 2.33 bits per heavy atom. The number of hydrogen-bond donors (Lipinski definition) is 1. The number of ether oxygens (including phenoxy) is 3. The van der Waals surface area contributed by atoms with E-state index in [1.807, 2.05) is 0 Å². The average Bonchev–Trinajstić information content (AvgIpc) is 2.77. The van der Waals surface area contributed by atoms with Crippen molar-refractivity contribution < 1.29 is 38.3 Å². The molecule has 0 saturated heterocycles. The van der Waals surface area contributed by atoms with Crippen molar-refractivity contribution >= 4 is 34.8 Å². The van der Waals surface area contributed by atoms with E-state index in [4.69, 9.17) is 9.47 Å². The molecule has 174 valence electrons. The molecule has 1 aliphatic rings. The van der Waals surface area contributed by atoms with Crippen LogP contribution in [0.4, 0.5) is 11.4 Å². The van der Waals surface area contributed by atoms with E-state index < -0.39 is 17.5 Å². The van der Waals surface area contributed by atoms with E-state index in [0.717, 1.165) is 6.07 Å². The van der Waals surface area contributed by atoms with Gasteiger partial charge in [-0.15, -0.1) is 0 Å². The lowest BCUT2D eigenvalue weighted by atomic mass is 10.1. The van der Waals surface area contributed by atoms with Gasteiger partial charge in [0.2, 0.25) is 0 Å². The van der Waals surface area contributed by atoms with Crippen LogP contribution in [-0.2, 0) is 14.3 Å². The van der Waals surface area contributed by atoms with Crippen LogP contribution in [0.5, 0.6) is 11.5 Å². The molecule has 11 nitrogen and oxygen atoms in total. The number of hydrogen-bond acceptors (Lipinski definition) is 9. The van der Waals surface area contributed by atoms with Crippen LogP contribution in [0.3, 0.4) is 0 Å². The third-order valence-electron chi connectivity index (χ3n) is 4.23. The summed E-state index contributed by atoms with van der Waals surface area (Å²) >= 11 is 0. The van der Waals surface area contributed by atoms with Crippen LogP contribution in [0.25, 0.3) is 0 Å². The van der Waals surface area contributed by atoms with Crippen LogP contribution in [0.1, 0.15) is 41.5 Å². The summed E-state index contributed by atoms with van der Waals surface area (Å²) in [6.45, 7) is 4.24. The number of nitro groups is 1. The van der Waals surface area contributed by atoms with Crippen molar-refractivity contribution in [2.45, 2.75) is 20.8 Å². The van der Waals surface area contributed by atoms with Gasteiger partial charge in [-0.2, -0.15) is 0 Å². The Morgan fingerprint density at radius 2 is 1.73 bits per heavy atom. The molecule has 0 unspecified atom stereocenters. The van der Waals surface area contributed by atoms with Crippen molar-refractivity contribution in [2.75, 3.05) is 25.1 Å². The molecule has 3 rings (SSSR count). The van der Waals surface area contributed by atoms with E-state index in [0.29, 0.717) is 17.0 Å². The van der Waals surface area contributed by atoms with E-state index in [-0.39, 0.29) is 47.7 Å². The lowest BCUT2D eigenvalue weighted by Gasteiger charge is -2.17. The second kappa shape index (κ2) is 11.4. The maximum absolute atomic E-state index is 11.1. The quantitative estimate of drug-likeness (QED) is 0.286. The fourth-order valence-electron chi connectivity index (χ4n) is 2.64. The second-order valence-corrected chi connectivity index (χ2v) is 6.69. The summed E-state index contributed by atoms with van der Waals surface area (Å²) in [6, 6.07) is 8.78. The largest absolute Gasteiger partial charge is 0.482 e. The number of ketones is 2. The van der Waals surface area contributed by atoms with E-state index in [1.165, 1.54) is 26.0 Å². The van der Waals surface area contributed by atoms with Gasteiger partial charge < -0.3 is 19.5 Å². The van der Waals surface area contributed by atoms with E-state index >= 15 is 0 Å². The van der Waals surface area contributed by atoms with Crippen LogP contribution in [0.2, 0.25) is 0 Å². The summed E-state index contributed by atoms with van der Waals surface area (Å²) in [6.07, 6.45) is 0. The molecule has 2 aromatic rings. The van der Waals surface area contributed by atoms with Crippen molar-refractivity contribution in [3.05, 3.63) is 57.6 Å². The monoisotopic (exact) mass is 458 g/mol. The molecule has 0 saturated carbocycles. The Morgan fingerprint density at radius 1 is 1.09 bits per heavy atom. The molecule has 0 fully saturated rings. The predicted molar refractivity (Wildman–Crippen MR) is 116 cm³/mol. The average molecular weight is 458 g/mol. The molecule has 0 atom stereocenters. The number of carbonyl (C=O) groups excluding carboxylic acids is 4. The van der Waals surface area contributed by atoms with Gasteiger partial charge in [0.05, 0.1) is 17.2 Å². The van der Waals surface area contributed by atoms with Crippen LogP contribution < -0.4 is 14.8 Å². The maximum atomic E-state index is 11.1. The highest BCUT2D eigenvalue weighted by Crippen LogP contribution is 2.29. The van der Waals surface area contributed by atoms with Crippen LogP contribution in [-0.4, -0.2) is 48.2 Å². The van der Waals surface area contributed by atoms with Crippen molar-refractivity contribution in [1.82, 2.24) is 0 Å². The first-order valence-corrected chi connectivity index (χ1v) is 9.77. The molecule has 0 bridgehead atoms. The standard InChI is InChI=1S/C12H13NO6.C10H9NO3/c1-3-18-12(15)7-19-11-5-4-9(8(2)14)6-10(11)13(16)17;1-6(12)7-2-3-9-8(4-7)11-10(13)5-14-9/h4-6H,3,7H2,1-2H3;2-4H,5H2,1H3,(H,11,13). The molecule has 11 heteroatoms. The molecule has 0 radical (unpaired) electrons. The predicted octanol–water partition coefficient (Wildman–Crippen LogP) is 2.96. The lowest BCUT2D eigenvalue weighted by molar-refractivity contribution is -0.385. The summed E-state index contributed by atoms with van der Waals surface area (Å²) < 4.78 is 14.8. The molecule has 1 heterocycles. The molecule has 1 N–H and O–H groups in total. The number of amides is 1. The zero-order chi connectivity index (χ0) is 24.5. The highest BCUT2D eigenvalue weighted by molar-refractivity contribution is 5.99. The van der Waals surface area contributed by atoms with Crippen LogP contribution in [0.15, 0.2) is 36.4 Å². The zero-order valence-electron chi connectivity index (χ0n) is 18.2. The number of nitrogens with one attached hydrogen (secondary N) is 1. The van der Waals surface area contributed by atoms with E-state index in [1.54, 1.807) is 25.1 Å². The number of Topliss-reactive ketones (excluding diaryl/α,β-unsaturated/α-hetero) is 2. The first kappa shape index (κ1) is 25.0. The molecule has 33 heavy (non-hydrogen) atoms. The SMILES string of the molecule is CC(=O)c1ccc2c(c1)NC(=O)CO2.CCOC(=O)COc1ccc(C(C)=O)cc1[N+](=O)[O-]. The Hall–Kier alpha value is -4.28. The van der Waals surface area contributed by atoms with Gasteiger partial charge in [0.15, 0.2) is 30.5 Å². The molecule has 0 aromatic heterocycles. The second-order valence-electron chi connectivity index (χ2n) is 6.69. The van der Waals surface area contributed by atoms with Gasteiger partial charge in [0.1, 0.15) is 5.75 Å². The molecular weight excluding hydrogens is 436 g/mol. The smallest absolute Gasteiger partial charge is 0.344 e. The van der Waals surface area contributed by atoms with Gasteiger partial charge in [-0.25, -0.2) is 4.79 Å². The van der Waals surface area contributed by atoms with Crippen molar-refractivity contribution in [3.63, 3.8) is 0 Å². The van der Waals surface area contributed by atoms with E-state index in [9.17, 15) is 29.3 Å². The fourth-order valence-corrected chi connectivity index (χ4v) is 2.64. The Bertz CT molecular complexity index is 1100. The molecule has 1 amide bonds. The molecule has 0 spiro atoms.